The molecule has 106 valence electrons. The zero-order valence-corrected chi connectivity index (χ0v) is 12.9. The van der Waals surface area contributed by atoms with Crippen LogP contribution in [0.25, 0.3) is 0 Å². The van der Waals surface area contributed by atoms with Gasteiger partial charge >= 0.3 is 5.97 Å². The van der Waals surface area contributed by atoms with E-state index in [0.717, 1.165) is 17.9 Å². The maximum absolute atomic E-state index is 11.4. The van der Waals surface area contributed by atoms with Crippen LogP contribution in [0.3, 0.4) is 0 Å². The average molecular weight is 281 g/mol. The van der Waals surface area contributed by atoms with Gasteiger partial charge in [-0.15, -0.1) is 11.8 Å². The molecule has 0 bridgehead atoms. The number of carbonyl (C=O) groups excluding carboxylic acids is 1. The fourth-order valence-corrected chi connectivity index (χ4v) is 2.63. The molecule has 0 saturated heterocycles. The van der Waals surface area contributed by atoms with Crippen molar-refractivity contribution in [1.82, 2.24) is 5.32 Å². The van der Waals surface area contributed by atoms with Crippen molar-refractivity contribution in [2.45, 2.75) is 43.4 Å². The number of ether oxygens (including phenoxy) is 1. The number of hydrogen-bond acceptors (Lipinski definition) is 4. The molecule has 0 fully saturated rings. The zero-order chi connectivity index (χ0) is 14.3. The van der Waals surface area contributed by atoms with E-state index in [1.807, 2.05) is 6.92 Å². The van der Waals surface area contributed by atoms with E-state index in [2.05, 4.69) is 43.4 Å². The lowest BCUT2D eigenvalue weighted by Gasteiger charge is -2.14. The molecule has 0 aliphatic carbocycles. The quantitative estimate of drug-likeness (QED) is 0.614. The summed E-state index contributed by atoms with van der Waals surface area (Å²) in [6.45, 7) is 7.20. The molecule has 1 rings (SSSR count). The Labute approximate surface area is 120 Å². The van der Waals surface area contributed by atoms with Gasteiger partial charge in [0.05, 0.1) is 7.11 Å². The lowest BCUT2D eigenvalue weighted by atomic mass is 10.1. The predicted octanol–water partition coefficient (Wildman–Crippen LogP) is 3.40. The number of benzene rings is 1. The van der Waals surface area contributed by atoms with Gasteiger partial charge in [-0.05, 0) is 44.5 Å². The molecule has 1 N–H and O–H groups in total. The van der Waals surface area contributed by atoms with Crippen molar-refractivity contribution in [1.29, 1.82) is 0 Å². The Morgan fingerprint density at radius 2 is 1.95 bits per heavy atom. The monoisotopic (exact) mass is 281 g/mol. The van der Waals surface area contributed by atoms with Crippen LogP contribution in [0.5, 0.6) is 0 Å². The molecule has 0 radical (unpaired) electrons. The zero-order valence-electron chi connectivity index (χ0n) is 12.1. The summed E-state index contributed by atoms with van der Waals surface area (Å²) < 4.78 is 4.72. The molecule has 1 aromatic rings. The van der Waals surface area contributed by atoms with Gasteiger partial charge in [-0.25, -0.2) is 0 Å². The van der Waals surface area contributed by atoms with Crippen molar-refractivity contribution >= 4 is 17.7 Å². The van der Waals surface area contributed by atoms with Crippen LogP contribution < -0.4 is 5.32 Å². The third-order valence-electron chi connectivity index (χ3n) is 2.93. The lowest BCUT2D eigenvalue weighted by Crippen LogP contribution is -2.19. The molecule has 0 saturated carbocycles. The minimum atomic E-state index is -0.188. The van der Waals surface area contributed by atoms with Crippen molar-refractivity contribution in [3.63, 3.8) is 0 Å². The minimum Gasteiger partial charge on any atom is -0.468 e. The van der Waals surface area contributed by atoms with E-state index in [1.54, 1.807) is 0 Å². The van der Waals surface area contributed by atoms with Gasteiger partial charge in [0, 0.05) is 10.9 Å². The topological polar surface area (TPSA) is 38.3 Å². The van der Waals surface area contributed by atoms with Crippen LogP contribution in [0.1, 0.15) is 38.8 Å². The Hall–Kier alpha value is -1.00. The SMILES string of the molecule is CCCNC(C)c1ccc(SC(C)C(=O)OC)cc1. The molecular weight excluding hydrogens is 258 g/mol. The Kier molecular flexibility index (Phi) is 6.95. The predicted molar refractivity (Wildman–Crippen MR) is 80.5 cm³/mol. The molecule has 3 nitrogen and oxygen atoms in total. The standard InChI is InChI=1S/C15H23NO2S/c1-5-10-16-11(2)13-6-8-14(9-7-13)19-12(3)15(17)18-4/h6-9,11-12,16H,5,10H2,1-4H3. The summed E-state index contributed by atoms with van der Waals surface area (Å²) in [6.07, 6.45) is 1.13. The molecule has 19 heavy (non-hydrogen) atoms. The van der Waals surface area contributed by atoms with E-state index in [-0.39, 0.29) is 11.2 Å². The number of nitrogens with one attached hydrogen (secondary N) is 1. The van der Waals surface area contributed by atoms with Gasteiger partial charge < -0.3 is 10.1 Å². The number of rotatable bonds is 7. The Morgan fingerprint density at radius 3 is 2.47 bits per heavy atom. The summed E-state index contributed by atoms with van der Waals surface area (Å²) in [5.74, 6) is -0.188. The Bertz CT molecular complexity index is 392. The molecule has 0 aromatic heterocycles. The molecular formula is C15H23NO2S. The normalized spacial score (nSPS) is 13.9. The number of hydrogen-bond donors (Lipinski definition) is 1. The fourth-order valence-electron chi connectivity index (χ4n) is 1.73. The Morgan fingerprint density at radius 1 is 1.32 bits per heavy atom. The van der Waals surface area contributed by atoms with Crippen LogP contribution >= 0.6 is 11.8 Å². The molecule has 0 spiro atoms. The summed E-state index contributed by atoms with van der Waals surface area (Å²) in [7, 11) is 1.42. The van der Waals surface area contributed by atoms with E-state index in [0.29, 0.717) is 6.04 Å². The van der Waals surface area contributed by atoms with Crippen molar-refractivity contribution in [3.05, 3.63) is 29.8 Å². The first-order valence-corrected chi connectivity index (χ1v) is 7.54. The van der Waals surface area contributed by atoms with E-state index in [4.69, 9.17) is 4.74 Å². The second kappa shape index (κ2) is 8.23. The first-order chi connectivity index (χ1) is 9.08. The molecule has 1 aromatic carbocycles. The average Bonchev–Trinajstić information content (AvgIpc) is 2.44. The second-order valence-electron chi connectivity index (χ2n) is 4.53. The first-order valence-electron chi connectivity index (χ1n) is 6.66. The first kappa shape index (κ1) is 16.1. The van der Waals surface area contributed by atoms with Gasteiger partial charge in [0.25, 0.3) is 0 Å². The van der Waals surface area contributed by atoms with Gasteiger partial charge in [0.15, 0.2) is 0 Å². The second-order valence-corrected chi connectivity index (χ2v) is 5.94. The van der Waals surface area contributed by atoms with E-state index < -0.39 is 0 Å². The van der Waals surface area contributed by atoms with Crippen molar-refractivity contribution in [2.75, 3.05) is 13.7 Å². The van der Waals surface area contributed by atoms with Crippen LogP contribution in [-0.4, -0.2) is 24.9 Å². The highest BCUT2D eigenvalue weighted by Crippen LogP contribution is 2.25. The minimum absolute atomic E-state index is 0.175. The summed E-state index contributed by atoms with van der Waals surface area (Å²) in [5, 5.41) is 3.28. The van der Waals surface area contributed by atoms with Crippen LogP contribution in [0.2, 0.25) is 0 Å². The van der Waals surface area contributed by atoms with Crippen molar-refractivity contribution in [2.24, 2.45) is 0 Å². The van der Waals surface area contributed by atoms with Crippen molar-refractivity contribution in [3.8, 4) is 0 Å². The third-order valence-corrected chi connectivity index (χ3v) is 4.02. The number of esters is 1. The highest BCUT2D eigenvalue weighted by molar-refractivity contribution is 8.00. The maximum Gasteiger partial charge on any atom is 0.318 e. The van der Waals surface area contributed by atoms with Gasteiger partial charge in [-0.3, -0.25) is 4.79 Å². The van der Waals surface area contributed by atoms with E-state index in [1.165, 1.54) is 24.4 Å². The van der Waals surface area contributed by atoms with Gasteiger partial charge in [0.2, 0.25) is 0 Å². The van der Waals surface area contributed by atoms with Gasteiger partial charge in [-0.1, -0.05) is 19.1 Å². The molecule has 0 amide bonds. The number of carbonyl (C=O) groups is 1. The van der Waals surface area contributed by atoms with Gasteiger partial charge in [0.1, 0.15) is 5.25 Å². The molecule has 2 unspecified atom stereocenters. The Balaban J connectivity index is 2.58. The van der Waals surface area contributed by atoms with E-state index >= 15 is 0 Å². The van der Waals surface area contributed by atoms with Crippen LogP contribution in [0.15, 0.2) is 29.2 Å². The van der Waals surface area contributed by atoms with Crippen LogP contribution in [0, 0.1) is 0 Å². The third kappa shape index (κ3) is 5.25. The summed E-state index contributed by atoms with van der Waals surface area (Å²) >= 11 is 1.52. The molecule has 2 atom stereocenters. The highest BCUT2D eigenvalue weighted by atomic mass is 32.2. The summed E-state index contributed by atoms with van der Waals surface area (Å²) in [4.78, 5) is 12.4. The molecule has 0 aliphatic heterocycles. The highest BCUT2D eigenvalue weighted by Gasteiger charge is 2.14. The summed E-state index contributed by atoms with van der Waals surface area (Å²) in [5.41, 5.74) is 1.27. The van der Waals surface area contributed by atoms with Crippen LogP contribution in [0.4, 0.5) is 0 Å². The number of thioether (sulfide) groups is 1. The van der Waals surface area contributed by atoms with Gasteiger partial charge in [-0.2, -0.15) is 0 Å². The summed E-state index contributed by atoms with van der Waals surface area (Å²) in [6, 6.07) is 8.70. The number of methoxy groups -OCH3 is 1. The molecule has 4 heteroatoms. The lowest BCUT2D eigenvalue weighted by molar-refractivity contribution is -0.139. The van der Waals surface area contributed by atoms with Crippen LogP contribution in [-0.2, 0) is 9.53 Å². The molecule has 0 aliphatic rings. The van der Waals surface area contributed by atoms with Crippen molar-refractivity contribution < 1.29 is 9.53 Å². The smallest absolute Gasteiger partial charge is 0.318 e. The largest absolute Gasteiger partial charge is 0.468 e. The maximum atomic E-state index is 11.4. The fraction of sp³-hybridized carbons (Fsp3) is 0.533. The molecule has 0 heterocycles. The van der Waals surface area contributed by atoms with E-state index in [9.17, 15) is 4.79 Å².